The Morgan fingerprint density at radius 3 is 3.00 bits per heavy atom. The molecule has 0 radical (unpaired) electrons. The lowest BCUT2D eigenvalue weighted by Crippen LogP contribution is -2.47. The number of carbonyl (C=O) groups excluding carboxylic acids is 1. The van der Waals surface area contributed by atoms with E-state index in [4.69, 9.17) is 5.73 Å². The third kappa shape index (κ3) is 3.33. The van der Waals surface area contributed by atoms with Crippen LogP contribution in [0.3, 0.4) is 0 Å². The highest BCUT2D eigenvalue weighted by Gasteiger charge is 2.36. The van der Waals surface area contributed by atoms with Gasteiger partial charge in [-0.3, -0.25) is 9.69 Å². The van der Waals surface area contributed by atoms with Gasteiger partial charge in [0.2, 0.25) is 5.91 Å². The first kappa shape index (κ1) is 15.7. The van der Waals surface area contributed by atoms with Crippen LogP contribution in [0.4, 0.5) is 15.8 Å². The van der Waals surface area contributed by atoms with E-state index in [1.807, 2.05) is 4.90 Å². The number of nitrogen functional groups attached to an aromatic ring is 1. The monoisotopic (exact) mass is 295 g/mol. The number of nitrogens with one attached hydrogen (secondary N) is 1. The van der Waals surface area contributed by atoms with E-state index in [1.54, 1.807) is 6.92 Å². The zero-order valence-corrected chi connectivity index (χ0v) is 12.3. The summed E-state index contributed by atoms with van der Waals surface area (Å²) in [6, 6.07) is 3.60. The third-order valence-corrected chi connectivity index (χ3v) is 4.24. The minimum Gasteiger partial charge on any atom is -0.399 e. The van der Waals surface area contributed by atoms with Crippen LogP contribution < -0.4 is 11.1 Å². The van der Waals surface area contributed by atoms with Crippen LogP contribution in [0.15, 0.2) is 18.2 Å². The fourth-order valence-electron chi connectivity index (χ4n) is 2.83. The molecule has 0 aliphatic carbocycles. The smallest absolute Gasteiger partial charge is 0.241 e. The van der Waals surface area contributed by atoms with Crippen molar-refractivity contribution in [3.63, 3.8) is 0 Å². The molecule has 1 aromatic carbocycles. The number of anilines is 2. The number of hydrogen-bond acceptors (Lipinski definition) is 4. The summed E-state index contributed by atoms with van der Waals surface area (Å²) in [7, 11) is 0. The van der Waals surface area contributed by atoms with Crippen molar-refractivity contribution in [2.75, 3.05) is 24.2 Å². The van der Waals surface area contributed by atoms with Crippen LogP contribution >= 0.6 is 0 Å². The number of halogens is 1. The van der Waals surface area contributed by atoms with Gasteiger partial charge in [0.1, 0.15) is 5.82 Å². The Labute approximate surface area is 123 Å². The molecule has 21 heavy (non-hydrogen) atoms. The van der Waals surface area contributed by atoms with E-state index in [0.29, 0.717) is 11.6 Å². The van der Waals surface area contributed by atoms with Crippen molar-refractivity contribution >= 4 is 17.3 Å². The van der Waals surface area contributed by atoms with E-state index in [0.717, 1.165) is 13.0 Å². The Bertz CT molecular complexity index is 524. The van der Waals surface area contributed by atoms with Crippen molar-refractivity contribution in [1.82, 2.24) is 4.90 Å². The molecule has 0 saturated carbocycles. The minimum absolute atomic E-state index is 0.0193. The van der Waals surface area contributed by atoms with Crippen LogP contribution in [-0.4, -0.2) is 41.1 Å². The summed E-state index contributed by atoms with van der Waals surface area (Å²) in [5, 5.41) is 12.0. The molecule has 2 rings (SSSR count). The van der Waals surface area contributed by atoms with Crippen LogP contribution in [0.25, 0.3) is 0 Å². The predicted molar refractivity (Wildman–Crippen MR) is 80.3 cm³/mol. The maximum Gasteiger partial charge on any atom is 0.241 e. The lowest BCUT2D eigenvalue weighted by molar-refractivity contribution is -0.121. The van der Waals surface area contributed by atoms with E-state index in [2.05, 4.69) is 12.2 Å². The SMILES string of the molecule is CC1CCN(C(C)C(=O)Nc2cc(N)ccc2F)C1CO. The molecule has 4 N–H and O–H groups in total. The zero-order valence-electron chi connectivity index (χ0n) is 12.3. The van der Waals surface area contributed by atoms with Crippen LogP contribution in [0, 0.1) is 11.7 Å². The van der Waals surface area contributed by atoms with E-state index in [-0.39, 0.29) is 24.2 Å². The van der Waals surface area contributed by atoms with Gasteiger partial charge in [-0.1, -0.05) is 6.92 Å². The molecule has 1 fully saturated rings. The number of aliphatic hydroxyl groups is 1. The number of aliphatic hydroxyl groups excluding tert-OH is 1. The molecule has 3 unspecified atom stereocenters. The van der Waals surface area contributed by atoms with E-state index < -0.39 is 11.9 Å². The summed E-state index contributed by atoms with van der Waals surface area (Å²) in [6.07, 6.45) is 0.940. The maximum atomic E-state index is 13.7. The quantitative estimate of drug-likeness (QED) is 0.734. The molecule has 1 amide bonds. The Balaban J connectivity index is 2.07. The van der Waals surface area contributed by atoms with Gasteiger partial charge in [0.05, 0.1) is 18.3 Å². The lowest BCUT2D eigenvalue weighted by Gasteiger charge is -2.30. The second kappa shape index (κ2) is 6.41. The first-order valence-corrected chi connectivity index (χ1v) is 7.16. The van der Waals surface area contributed by atoms with E-state index >= 15 is 0 Å². The summed E-state index contributed by atoms with van der Waals surface area (Å²) in [5.41, 5.74) is 6.08. The van der Waals surface area contributed by atoms with Gasteiger partial charge in [-0.2, -0.15) is 0 Å². The Kier molecular flexibility index (Phi) is 4.80. The Morgan fingerprint density at radius 1 is 1.62 bits per heavy atom. The Hall–Kier alpha value is -1.66. The second-order valence-corrected chi connectivity index (χ2v) is 5.66. The number of nitrogens with zero attached hydrogens (tertiary/aromatic N) is 1. The molecule has 1 aliphatic rings. The molecule has 0 bridgehead atoms. The molecule has 1 aliphatic heterocycles. The average Bonchev–Trinajstić information content (AvgIpc) is 2.82. The number of amides is 1. The van der Waals surface area contributed by atoms with E-state index in [1.165, 1.54) is 18.2 Å². The van der Waals surface area contributed by atoms with Crippen molar-refractivity contribution in [2.24, 2.45) is 5.92 Å². The van der Waals surface area contributed by atoms with Crippen molar-refractivity contribution < 1.29 is 14.3 Å². The standard InChI is InChI=1S/C15H22FN3O2/c1-9-5-6-19(14(9)8-20)10(2)15(21)18-13-7-11(17)3-4-12(13)16/h3-4,7,9-10,14,20H,5-6,8,17H2,1-2H3,(H,18,21). The van der Waals surface area contributed by atoms with Gasteiger partial charge in [0.15, 0.2) is 0 Å². The van der Waals surface area contributed by atoms with E-state index in [9.17, 15) is 14.3 Å². The highest BCUT2D eigenvalue weighted by Crippen LogP contribution is 2.26. The predicted octanol–water partition coefficient (Wildman–Crippen LogP) is 1.44. The summed E-state index contributed by atoms with van der Waals surface area (Å²) >= 11 is 0. The molecule has 0 spiro atoms. The molecule has 1 aromatic rings. The van der Waals surface area contributed by atoms with Gasteiger partial charge in [0.25, 0.3) is 0 Å². The maximum absolute atomic E-state index is 13.7. The molecule has 5 nitrogen and oxygen atoms in total. The van der Waals surface area contributed by atoms with Crippen molar-refractivity contribution in [3.8, 4) is 0 Å². The van der Waals surface area contributed by atoms with Crippen molar-refractivity contribution in [2.45, 2.75) is 32.4 Å². The van der Waals surface area contributed by atoms with Gasteiger partial charge in [-0.15, -0.1) is 0 Å². The van der Waals surface area contributed by atoms with Gasteiger partial charge < -0.3 is 16.2 Å². The summed E-state index contributed by atoms with van der Waals surface area (Å²) in [4.78, 5) is 14.3. The second-order valence-electron chi connectivity index (χ2n) is 5.66. The molecule has 6 heteroatoms. The number of nitrogens with two attached hydrogens (primary N) is 1. The van der Waals surface area contributed by atoms with Crippen LogP contribution in [0.5, 0.6) is 0 Å². The van der Waals surface area contributed by atoms with Gasteiger partial charge in [-0.25, -0.2) is 4.39 Å². The molecule has 116 valence electrons. The molecular formula is C15H22FN3O2. The topological polar surface area (TPSA) is 78.6 Å². The van der Waals surface area contributed by atoms with Gasteiger partial charge in [-0.05, 0) is 44.0 Å². The number of likely N-dealkylation sites (tertiary alicyclic amines) is 1. The zero-order chi connectivity index (χ0) is 15.6. The number of benzene rings is 1. The van der Waals surface area contributed by atoms with Crippen LogP contribution in [0.1, 0.15) is 20.3 Å². The van der Waals surface area contributed by atoms with Crippen LogP contribution in [0.2, 0.25) is 0 Å². The fraction of sp³-hybridized carbons (Fsp3) is 0.533. The molecule has 1 saturated heterocycles. The van der Waals surface area contributed by atoms with Gasteiger partial charge >= 0.3 is 0 Å². The fourth-order valence-corrected chi connectivity index (χ4v) is 2.83. The van der Waals surface area contributed by atoms with Crippen molar-refractivity contribution in [1.29, 1.82) is 0 Å². The Morgan fingerprint density at radius 2 is 2.33 bits per heavy atom. The third-order valence-electron chi connectivity index (χ3n) is 4.24. The largest absolute Gasteiger partial charge is 0.399 e. The average molecular weight is 295 g/mol. The number of carbonyl (C=O) groups is 1. The highest BCUT2D eigenvalue weighted by atomic mass is 19.1. The molecule has 3 atom stereocenters. The molecular weight excluding hydrogens is 273 g/mol. The number of hydrogen-bond donors (Lipinski definition) is 3. The highest BCUT2D eigenvalue weighted by molar-refractivity contribution is 5.95. The summed E-state index contributed by atoms with van der Waals surface area (Å²) < 4.78 is 13.7. The number of rotatable bonds is 4. The first-order chi connectivity index (χ1) is 9.93. The lowest BCUT2D eigenvalue weighted by atomic mass is 10.0. The van der Waals surface area contributed by atoms with Gasteiger partial charge in [0, 0.05) is 11.7 Å². The molecule has 0 aromatic heterocycles. The van der Waals surface area contributed by atoms with Crippen molar-refractivity contribution in [3.05, 3.63) is 24.0 Å². The molecule has 1 heterocycles. The minimum atomic E-state index is -0.516. The van der Waals surface area contributed by atoms with Crippen LogP contribution in [-0.2, 0) is 4.79 Å². The first-order valence-electron chi connectivity index (χ1n) is 7.16. The summed E-state index contributed by atoms with van der Waals surface area (Å²) in [5.74, 6) is -0.473. The normalized spacial score (nSPS) is 24.0. The summed E-state index contributed by atoms with van der Waals surface area (Å²) in [6.45, 7) is 4.59.